The molecule has 0 saturated carbocycles. The number of aliphatic imine (C=N–C) groups is 1. The summed E-state index contributed by atoms with van der Waals surface area (Å²) in [6, 6.07) is 17.9. The second-order valence-corrected chi connectivity index (χ2v) is 12.3. The van der Waals surface area contributed by atoms with Gasteiger partial charge >= 0.3 is 12.4 Å². The summed E-state index contributed by atoms with van der Waals surface area (Å²) in [5.74, 6) is 0.405. The number of nitrogens with one attached hydrogen (secondary N) is 1. The molecule has 0 bridgehead atoms. The van der Waals surface area contributed by atoms with Gasteiger partial charge in [-0.25, -0.2) is 14.5 Å². The van der Waals surface area contributed by atoms with Gasteiger partial charge in [-0.2, -0.15) is 4.99 Å². The van der Waals surface area contributed by atoms with E-state index in [1.807, 2.05) is 69.3 Å². The van der Waals surface area contributed by atoms with Gasteiger partial charge in [-0.1, -0.05) is 73.7 Å². The van der Waals surface area contributed by atoms with Crippen molar-refractivity contribution in [3.05, 3.63) is 95.3 Å². The third-order valence-corrected chi connectivity index (χ3v) is 8.35. The molecule has 3 amide bonds. The summed E-state index contributed by atoms with van der Waals surface area (Å²) < 4.78 is 42.7. The number of ether oxygens (including phenoxy) is 1. The molecule has 1 atom stereocenters. The molecule has 2 heterocycles. The Morgan fingerprint density at radius 1 is 1.06 bits per heavy atom. The topological polar surface area (TPSA) is 102 Å². The van der Waals surface area contributed by atoms with Crippen LogP contribution in [0.15, 0.2) is 83.6 Å². The van der Waals surface area contributed by atoms with Crippen molar-refractivity contribution in [2.75, 3.05) is 10.7 Å². The van der Waals surface area contributed by atoms with E-state index in [1.54, 1.807) is 4.90 Å². The van der Waals surface area contributed by atoms with Crippen molar-refractivity contribution in [2.24, 2.45) is 4.99 Å². The number of hydrogen-bond acceptors (Lipinski definition) is 6. The van der Waals surface area contributed by atoms with Crippen LogP contribution in [0.4, 0.5) is 23.7 Å². The number of thioether (sulfide) groups is 1. The molecule has 1 N–H and O–H groups in total. The molecular weight excluding hydrogens is 629 g/mol. The highest BCUT2D eigenvalue weighted by Gasteiger charge is 2.33. The van der Waals surface area contributed by atoms with Gasteiger partial charge in [-0.05, 0) is 73.7 Å². The zero-order valence-corrected chi connectivity index (χ0v) is 27.2. The zero-order valence-electron chi connectivity index (χ0n) is 26.4. The highest BCUT2D eigenvalue weighted by atomic mass is 32.2. The monoisotopic (exact) mass is 662 g/mol. The number of carbonyl (C=O) groups excluding carboxylic acids is 2. The molecule has 1 aliphatic heterocycles. The van der Waals surface area contributed by atoms with Gasteiger partial charge in [-0.15, -0.1) is 18.3 Å². The van der Waals surface area contributed by atoms with Gasteiger partial charge in [-0.3, -0.25) is 9.69 Å². The molecule has 9 nitrogen and oxygen atoms in total. The Morgan fingerprint density at radius 3 is 2.43 bits per heavy atom. The molecule has 5 rings (SSSR count). The molecule has 1 aliphatic rings. The van der Waals surface area contributed by atoms with Gasteiger partial charge in [0, 0.05) is 11.6 Å². The Kier molecular flexibility index (Phi) is 9.85. The van der Waals surface area contributed by atoms with Gasteiger partial charge < -0.3 is 10.1 Å². The zero-order chi connectivity index (χ0) is 33.9. The fourth-order valence-corrected chi connectivity index (χ4v) is 5.73. The average Bonchev–Trinajstić information content (AvgIpc) is 3.64. The molecular formula is C34H33F3N6O3S. The predicted molar refractivity (Wildman–Crippen MR) is 178 cm³/mol. The molecule has 47 heavy (non-hydrogen) atoms. The van der Waals surface area contributed by atoms with Crippen LogP contribution >= 0.6 is 11.8 Å². The minimum absolute atomic E-state index is 0.114. The van der Waals surface area contributed by atoms with E-state index in [1.165, 1.54) is 47.0 Å². The van der Waals surface area contributed by atoms with Crippen molar-refractivity contribution in [1.29, 1.82) is 0 Å². The summed E-state index contributed by atoms with van der Waals surface area (Å²) in [5.41, 5.74) is 5.82. The van der Waals surface area contributed by atoms with E-state index in [4.69, 9.17) is 0 Å². The van der Waals surface area contributed by atoms with Gasteiger partial charge in [0.25, 0.3) is 0 Å². The number of anilines is 1. The molecule has 1 saturated heterocycles. The van der Waals surface area contributed by atoms with Crippen LogP contribution in [0.25, 0.3) is 23.2 Å². The lowest BCUT2D eigenvalue weighted by Gasteiger charge is -2.22. The molecule has 0 spiro atoms. The fraction of sp³-hybridized carbons (Fsp3) is 0.265. The first-order chi connectivity index (χ1) is 22.3. The fourth-order valence-electron chi connectivity index (χ4n) is 4.87. The van der Waals surface area contributed by atoms with Crippen LogP contribution in [-0.4, -0.2) is 50.0 Å². The number of halogens is 3. The number of amidine groups is 1. The van der Waals surface area contributed by atoms with Crippen LogP contribution in [0, 0.1) is 6.92 Å². The third-order valence-electron chi connectivity index (χ3n) is 7.42. The lowest BCUT2D eigenvalue weighted by Crippen LogP contribution is -2.35. The first-order valence-corrected chi connectivity index (χ1v) is 15.8. The Labute approximate surface area is 274 Å². The van der Waals surface area contributed by atoms with Crippen molar-refractivity contribution in [1.82, 2.24) is 20.1 Å². The summed E-state index contributed by atoms with van der Waals surface area (Å²) in [5, 5.41) is 7.69. The summed E-state index contributed by atoms with van der Waals surface area (Å²) >= 11 is 1.24. The Hall–Kier alpha value is -4.91. The Bertz CT molecular complexity index is 1830. The first kappa shape index (κ1) is 33.5. The number of nitrogens with zero attached hydrogens (tertiary/aromatic N) is 5. The number of amides is 3. The molecule has 1 fully saturated rings. The van der Waals surface area contributed by atoms with Crippen molar-refractivity contribution >= 4 is 40.6 Å². The number of carbonyl (C=O) groups is 2. The highest BCUT2D eigenvalue weighted by Crippen LogP contribution is 2.34. The number of aromatic nitrogens is 3. The largest absolute Gasteiger partial charge is 0.573 e. The highest BCUT2D eigenvalue weighted by molar-refractivity contribution is 8.15. The van der Waals surface area contributed by atoms with E-state index < -0.39 is 12.4 Å². The van der Waals surface area contributed by atoms with E-state index in [0.717, 1.165) is 33.5 Å². The molecule has 13 heteroatoms. The van der Waals surface area contributed by atoms with Gasteiger partial charge in [0.05, 0.1) is 17.1 Å². The summed E-state index contributed by atoms with van der Waals surface area (Å²) in [7, 11) is 0. The van der Waals surface area contributed by atoms with E-state index in [9.17, 15) is 22.8 Å². The maximum absolute atomic E-state index is 13.0. The lowest BCUT2D eigenvalue weighted by molar-refractivity contribution is -0.274. The molecule has 0 radical (unpaired) electrons. The Balaban J connectivity index is 1.23. The summed E-state index contributed by atoms with van der Waals surface area (Å²) in [6.45, 7) is 9.85. The normalized spacial score (nSPS) is 15.4. The van der Waals surface area contributed by atoms with Gasteiger partial charge in [0.1, 0.15) is 12.1 Å². The SMILES string of the molecule is C/C(=C/c1ccc(-c2ncn(-c3ccc(OC(F)(F)F)cc3)n2)cc1)C(C)NC(=O)/N=C1\SCC(=O)N1c1cc(C)ccc1C(C)C. The average molecular weight is 663 g/mol. The van der Waals surface area contributed by atoms with Crippen molar-refractivity contribution < 1.29 is 27.5 Å². The van der Waals surface area contributed by atoms with Crippen LogP contribution in [0.2, 0.25) is 0 Å². The standard InChI is InChI=1S/C34H33F3N6O3S/c1-20(2)28-15-6-21(3)16-29(28)43-30(44)18-47-33(43)40-32(45)39-23(5)22(4)17-24-7-9-25(10-8-24)31-38-19-42(41-31)26-11-13-27(14-12-26)46-34(35,36)37/h6-17,19-20,23H,18H2,1-5H3,(H,39,45)/b22-17-,40-33-. The molecule has 1 unspecified atom stereocenters. The lowest BCUT2D eigenvalue weighted by atomic mass is 9.99. The molecule has 1 aromatic heterocycles. The van der Waals surface area contributed by atoms with Crippen molar-refractivity contribution in [3.8, 4) is 22.8 Å². The number of aryl methyl sites for hydroxylation is 1. The molecule has 0 aliphatic carbocycles. The second kappa shape index (κ2) is 13.8. The van der Waals surface area contributed by atoms with E-state index in [-0.39, 0.29) is 29.4 Å². The second-order valence-electron chi connectivity index (χ2n) is 11.4. The maximum atomic E-state index is 13.0. The van der Waals surface area contributed by atoms with E-state index in [0.29, 0.717) is 16.7 Å². The molecule has 4 aromatic rings. The number of hydrogen-bond donors (Lipinski definition) is 1. The molecule has 244 valence electrons. The Morgan fingerprint density at radius 2 is 1.77 bits per heavy atom. The van der Waals surface area contributed by atoms with Crippen LogP contribution in [0.3, 0.4) is 0 Å². The van der Waals surface area contributed by atoms with Gasteiger partial charge in [0.2, 0.25) is 5.91 Å². The minimum Gasteiger partial charge on any atom is -0.406 e. The summed E-state index contributed by atoms with van der Waals surface area (Å²) in [6.07, 6.45) is -1.34. The first-order valence-electron chi connectivity index (χ1n) is 14.8. The van der Waals surface area contributed by atoms with Crippen molar-refractivity contribution in [2.45, 2.75) is 52.9 Å². The smallest absolute Gasteiger partial charge is 0.406 e. The predicted octanol–water partition coefficient (Wildman–Crippen LogP) is 7.90. The number of benzene rings is 3. The number of urea groups is 1. The van der Waals surface area contributed by atoms with Gasteiger partial charge in [0.15, 0.2) is 11.0 Å². The van der Waals surface area contributed by atoms with Crippen LogP contribution in [0.5, 0.6) is 5.75 Å². The maximum Gasteiger partial charge on any atom is 0.573 e. The number of rotatable bonds is 8. The third kappa shape index (κ3) is 8.28. The number of alkyl halides is 3. The van der Waals surface area contributed by atoms with E-state index in [2.05, 4.69) is 39.0 Å². The van der Waals surface area contributed by atoms with Crippen LogP contribution < -0.4 is 15.0 Å². The quantitative estimate of drug-likeness (QED) is 0.206. The summed E-state index contributed by atoms with van der Waals surface area (Å²) in [4.78, 5) is 36.0. The minimum atomic E-state index is -4.76. The van der Waals surface area contributed by atoms with E-state index >= 15 is 0 Å². The van der Waals surface area contributed by atoms with Crippen molar-refractivity contribution in [3.63, 3.8) is 0 Å². The molecule has 3 aromatic carbocycles. The van der Waals surface area contributed by atoms with Crippen LogP contribution in [-0.2, 0) is 4.79 Å². The van der Waals surface area contributed by atoms with Crippen LogP contribution in [0.1, 0.15) is 50.3 Å².